The molecule has 1 aromatic rings. The Balaban J connectivity index is 1.58. The fourth-order valence-corrected chi connectivity index (χ4v) is 2.35. The smallest absolute Gasteiger partial charge is 0.0359 e. The summed E-state index contributed by atoms with van der Waals surface area (Å²) in [6.07, 6.45) is 3.99. The molecule has 3 N–H and O–H groups in total. The second-order valence-electron chi connectivity index (χ2n) is 4.78. The number of anilines is 1. The van der Waals surface area contributed by atoms with Crippen molar-refractivity contribution in [3.05, 3.63) is 29.8 Å². The highest BCUT2D eigenvalue weighted by atomic mass is 15.1. The first-order valence-electron chi connectivity index (χ1n) is 6.63. The molecule has 0 radical (unpaired) electrons. The van der Waals surface area contributed by atoms with E-state index in [4.69, 9.17) is 5.73 Å². The first-order valence-corrected chi connectivity index (χ1v) is 6.63. The number of likely N-dealkylation sites (tertiary alicyclic amines) is 1. The summed E-state index contributed by atoms with van der Waals surface area (Å²) in [6, 6.07) is 8.06. The second kappa shape index (κ2) is 6.62. The zero-order valence-corrected chi connectivity index (χ0v) is 10.5. The third-order valence-corrected chi connectivity index (χ3v) is 3.40. The van der Waals surface area contributed by atoms with Crippen LogP contribution in [0, 0.1) is 0 Å². The lowest BCUT2D eigenvalue weighted by atomic mass is 10.2. The van der Waals surface area contributed by atoms with Crippen molar-refractivity contribution in [3.8, 4) is 0 Å². The lowest BCUT2D eigenvalue weighted by Crippen LogP contribution is -2.24. The van der Waals surface area contributed by atoms with Crippen molar-refractivity contribution in [2.45, 2.75) is 25.8 Å². The van der Waals surface area contributed by atoms with Gasteiger partial charge >= 0.3 is 0 Å². The van der Waals surface area contributed by atoms with Crippen molar-refractivity contribution in [3.63, 3.8) is 0 Å². The first-order chi connectivity index (χ1) is 8.36. The molecule has 2 rings (SSSR count). The zero-order chi connectivity index (χ0) is 11.9. The molecule has 1 heterocycles. The molecule has 0 aliphatic carbocycles. The van der Waals surface area contributed by atoms with Crippen LogP contribution in [0.4, 0.5) is 5.69 Å². The van der Waals surface area contributed by atoms with E-state index in [1.54, 1.807) is 0 Å². The van der Waals surface area contributed by atoms with Crippen LogP contribution in [0.5, 0.6) is 0 Å². The van der Waals surface area contributed by atoms with E-state index in [0.29, 0.717) is 0 Å². The van der Waals surface area contributed by atoms with Crippen LogP contribution in [0.1, 0.15) is 24.8 Å². The molecule has 0 unspecified atom stereocenters. The lowest BCUT2D eigenvalue weighted by Gasteiger charge is -2.14. The van der Waals surface area contributed by atoms with Gasteiger partial charge in [-0.05, 0) is 57.1 Å². The molecule has 17 heavy (non-hydrogen) atoms. The molecule has 3 nitrogen and oxygen atoms in total. The number of rotatable bonds is 6. The van der Waals surface area contributed by atoms with E-state index in [1.165, 1.54) is 44.5 Å². The first kappa shape index (κ1) is 12.4. The largest absolute Gasteiger partial charge is 0.398 e. The predicted octanol–water partition coefficient (Wildman–Crippen LogP) is 1.84. The zero-order valence-electron chi connectivity index (χ0n) is 10.5. The van der Waals surface area contributed by atoms with Crippen molar-refractivity contribution < 1.29 is 0 Å². The Morgan fingerprint density at radius 1 is 1.18 bits per heavy atom. The molecule has 1 aliphatic rings. The van der Waals surface area contributed by atoms with Gasteiger partial charge in [0.25, 0.3) is 0 Å². The van der Waals surface area contributed by atoms with E-state index in [0.717, 1.165) is 18.8 Å². The third-order valence-electron chi connectivity index (χ3n) is 3.40. The standard InChI is InChI=1S/C14H23N3/c15-14-7-2-1-6-13(14)12-16-8-5-11-17-9-3-4-10-17/h1-2,6-7,16H,3-5,8-12,15H2. The molecule has 0 amide bonds. The number of benzene rings is 1. The number of hydrogen-bond acceptors (Lipinski definition) is 3. The fourth-order valence-electron chi connectivity index (χ4n) is 2.35. The van der Waals surface area contributed by atoms with Crippen LogP contribution < -0.4 is 11.1 Å². The van der Waals surface area contributed by atoms with Gasteiger partial charge in [-0.1, -0.05) is 18.2 Å². The van der Waals surface area contributed by atoms with Crippen molar-refractivity contribution in [1.82, 2.24) is 10.2 Å². The number of nitrogens with two attached hydrogens (primary N) is 1. The molecule has 1 aliphatic heterocycles. The van der Waals surface area contributed by atoms with Gasteiger partial charge in [0, 0.05) is 12.2 Å². The highest BCUT2D eigenvalue weighted by Crippen LogP contribution is 2.10. The monoisotopic (exact) mass is 233 g/mol. The minimum atomic E-state index is 0.882. The van der Waals surface area contributed by atoms with Crippen molar-refractivity contribution in [2.75, 3.05) is 31.9 Å². The van der Waals surface area contributed by atoms with Crippen LogP contribution in [0.3, 0.4) is 0 Å². The number of hydrogen-bond donors (Lipinski definition) is 2. The van der Waals surface area contributed by atoms with Gasteiger partial charge in [-0.15, -0.1) is 0 Å². The number of nitrogen functional groups attached to an aromatic ring is 1. The van der Waals surface area contributed by atoms with Gasteiger partial charge in [0.05, 0.1) is 0 Å². The van der Waals surface area contributed by atoms with Crippen LogP contribution in [-0.2, 0) is 6.54 Å². The van der Waals surface area contributed by atoms with Crippen LogP contribution in [0.15, 0.2) is 24.3 Å². The molecule has 0 bridgehead atoms. The summed E-state index contributed by atoms with van der Waals surface area (Å²) in [5.74, 6) is 0. The molecular weight excluding hydrogens is 210 g/mol. The Morgan fingerprint density at radius 3 is 2.71 bits per heavy atom. The van der Waals surface area contributed by atoms with E-state index >= 15 is 0 Å². The maximum Gasteiger partial charge on any atom is 0.0359 e. The maximum atomic E-state index is 5.89. The predicted molar refractivity (Wildman–Crippen MR) is 72.9 cm³/mol. The quantitative estimate of drug-likeness (QED) is 0.582. The Morgan fingerprint density at radius 2 is 1.94 bits per heavy atom. The van der Waals surface area contributed by atoms with Gasteiger partial charge in [0.15, 0.2) is 0 Å². The minimum absolute atomic E-state index is 0.882. The average molecular weight is 233 g/mol. The number of nitrogens with zero attached hydrogens (tertiary/aromatic N) is 1. The summed E-state index contributed by atoms with van der Waals surface area (Å²) in [5.41, 5.74) is 7.98. The van der Waals surface area contributed by atoms with Crippen molar-refractivity contribution in [2.24, 2.45) is 0 Å². The summed E-state index contributed by atoms with van der Waals surface area (Å²) in [7, 11) is 0. The highest BCUT2D eigenvalue weighted by Gasteiger charge is 2.09. The van der Waals surface area contributed by atoms with Gasteiger partial charge in [0.2, 0.25) is 0 Å². The van der Waals surface area contributed by atoms with E-state index in [1.807, 2.05) is 18.2 Å². The highest BCUT2D eigenvalue weighted by molar-refractivity contribution is 5.46. The Labute approximate surface area is 104 Å². The SMILES string of the molecule is Nc1ccccc1CNCCCN1CCCC1. The molecule has 0 aromatic heterocycles. The van der Waals surface area contributed by atoms with Crippen LogP contribution in [0.25, 0.3) is 0 Å². The molecule has 0 saturated carbocycles. The Bertz CT molecular complexity index is 332. The Kier molecular flexibility index (Phi) is 4.83. The number of para-hydroxylation sites is 1. The normalized spacial score (nSPS) is 16.5. The fraction of sp³-hybridized carbons (Fsp3) is 0.571. The summed E-state index contributed by atoms with van der Waals surface area (Å²) >= 11 is 0. The third kappa shape index (κ3) is 4.02. The molecule has 1 aromatic carbocycles. The van der Waals surface area contributed by atoms with Crippen LogP contribution in [-0.4, -0.2) is 31.1 Å². The summed E-state index contributed by atoms with van der Waals surface area (Å²) in [5, 5.41) is 3.46. The van der Waals surface area contributed by atoms with Crippen LogP contribution >= 0.6 is 0 Å². The molecule has 0 spiro atoms. The second-order valence-corrected chi connectivity index (χ2v) is 4.78. The van der Waals surface area contributed by atoms with E-state index in [2.05, 4.69) is 16.3 Å². The van der Waals surface area contributed by atoms with E-state index < -0.39 is 0 Å². The Hall–Kier alpha value is -1.06. The molecule has 1 fully saturated rings. The molecule has 0 atom stereocenters. The van der Waals surface area contributed by atoms with Crippen molar-refractivity contribution >= 4 is 5.69 Å². The molecule has 3 heteroatoms. The molecule has 94 valence electrons. The number of nitrogens with one attached hydrogen (secondary N) is 1. The summed E-state index contributed by atoms with van der Waals surface area (Å²) < 4.78 is 0. The van der Waals surface area contributed by atoms with E-state index in [-0.39, 0.29) is 0 Å². The van der Waals surface area contributed by atoms with Gasteiger partial charge < -0.3 is 16.0 Å². The summed E-state index contributed by atoms with van der Waals surface area (Å²) in [4.78, 5) is 2.55. The lowest BCUT2D eigenvalue weighted by molar-refractivity contribution is 0.331. The van der Waals surface area contributed by atoms with Gasteiger partial charge in [0.1, 0.15) is 0 Å². The average Bonchev–Trinajstić information content (AvgIpc) is 2.84. The topological polar surface area (TPSA) is 41.3 Å². The van der Waals surface area contributed by atoms with Crippen LogP contribution in [0.2, 0.25) is 0 Å². The minimum Gasteiger partial charge on any atom is -0.398 e. The molecular formula is C14H23N3. The van der Waals surface area contributed by atoms with Gasteiger partial charge in [-0.25, -0.2) is 0 Å². The maximum absolute atomic E-state index is 5.89. The van der Waals surface area contributed by atoms with Gasteiger partial charge in [-0.3, -0.25) is 0 Å². The van der Waals surface area contributed by atoms with Gasteiger partial charge in [-0.2, -0.15) is 0 Å². The summed E-state index contributed by atoms with van der Waals surface area (Å²) in [6.45, 7) is 5.78. The van der Waals surface area contributed by atoms with E-state index in [9.17, 15) is 0 Å². The van der Waals surface area contributed by atoms with Crippen molar-refractivity contribution in [1.29, 1.82) is 0 Å². The molecule has 1 saturated heterocycles.